The van der Waals surface area contributed by atoms with Crippen LogP contribution in [0.25, 0.3) is 0 Å². The summed E-state index contributed by atoms with van der Waals surface area (Å²) in [5.41, 5.74) is 6.44. The molecule has 0 aromatic heterocycles. The number of benzene rings is 1. The molecule has 0 heterocycles. The molecule has 7 heteroatoms. The highest BCUT2D eigenvalue weighted by molar-refractivity contribution is 5.27. The van der Waals surface area contributed by atoms with Gasteiger partial charge in [0.15, 0.2) is 0 Å². The Morgan fingerprint density at radius 3 is 2.38 bits per heavy atom. The molecule has 0 saturated carbocycles. The molecule has 1 atom stereocenters. The van der Waals surface area contributed by atoms with Gasteiger partial charge in [0, 0.05) is 19.6 Å². The number of aliphatic hydroxyl groups excluding tert-OH is 2. The van der Waals surface area contributed by atoms with E-state index in [0.717, 1.165) is 5.56 Å². The van der Waals surface area contributed by atoms with E-state index in [9.17, 15) is 13.9 Å². The van der Waals surface area contributed by atoms with Gasteiger partial charge in [-0.3, -0.25) is 4.90 Å². The van der Waals surface area contributed by atoms with E-state index < -0.39 is 19.1 Å². The highest BCUT2D eigenvalue weighted by Gasteiger charge is 2.16. The highest BCUT2D eigenvalue weighted by atomic mass is 19.3. The minimum absolute atomic E-state index is 0.00681. The van der Waals surface area contributed by atoms with Gasteiger partial charge in [0.25, 0.3) is 6.43 Å². The van der Waals surface area contributed by atoms with Crippen LogP contribution in [0.4, 0.5) is 8.78 Å². The summed E-state index contributed by atoms with van der Waals surface area (Å²) in [6.45, 7) is -0.179. The van der Waals surface area contributed by atoms with Gasteiger partial charge in [-0.25, -0.2) is 8.78 Å². The van der Waals surface area contributed by atoms with Crippen LogP contribution in [0, 0.1) is 0 Å². The lowest BCUT2D eigenvalue weighted by molar-refractivity contribution is 0.0298. The van der Waals surface area contributed by atoms with Crippen LogP contribution in [0.1, 0.15) is 5.56 Å². The Labute approximate surface area is 122 Å². The van der Waals surface area contributed by atoms with Gasteiger partial charge in [-0.2, -0.15) is 0 Å². The molecule has 1 unspecified atom stereocenters. The lowest BCUT2D eigenvalue weighted by Gasteiger charge is -2.23. The van der Waals surface area contributed by atoms with Crippen molar-refractivity contribution in [3.63, 3.8) is 0 Å². The number of aliphatic hydroxyl groups is 2. The van der Waals surface area contributed by atoms with Gasteiger partial charge in [-0.15, -0.1) is 0 Å². The molecular weight excluding hydrogens is 282 g/mol. The van der Waals surface area contributed by atoms with Gasteiger partial charge in [-0.05, 0) is 17.7 Å². The second-order valence-corrected chi connectivity index (χ2v) is 4.69. The van der Waals surface area contributed by atoms with E-state index in [1.807, 2.05) is 12.1 Å². The summed E-state index contributed by atoms with van der Waals surface area (Å²) < 4.78 is 30.1. The topological polar surface area (TPSA) is 79.0 Å². The van der Waals surface area contributed by atoms with Crippen molar-refractivity contribution in [3.8, 4) is 5.75 Å². The van der Waals surface area contributed by atoms with Gasteiger partial charge >= 0.3 is 0 Å². The number of ether oxygens (including phenoxy) is 1. The zero-order valence-corrected chi connectivity index (χ0v) is 11.8. The first-order valence-electron chi connectivity index (χ1n) is 6.76. The van der Waals surface area contributed by atoms with Gasteiger partial charge < -0.3 is 20.7 Å². The van der Waals surface area contributed by atoms with Crippen LogP contribution in [-0.2, 0) is 6.54 Å². The van der Waals surface area contributed by atoms with Crippen molar-refractivity contribution < 1.29 is 23.7 Å². The molecule has 0 aliphatic heterocycles. The normalized spacial score (nSPS) is 12.9. The second-order valence-electron chi connectivity index (χ2n) is 4.69. The number of rotatable bonds is 10. The van der Waals surface area contributed by atoms with E-state index in [-0.39, 0.29) is 26.3 Å². The minimum Gasteiger partial charge on any atom is -0.491 e. The molecule has 0 saturated heterocycles. The van der Waals surface area contributed by atoms with Crippen molar-refractivity contribution in [1.29, 1.82) is 0 Å². The molecule has 0 aliphatic rings. The molecule has 4 N–H and O–H groups in total. The number of hydrogen-bond donors (Lipinski definition) is 3. The first-order valence-corrected chi connectivity index (χ1v) is 6.76. The summed E-state index contributed by atoms with van der Waals surface area (Å²) in [5, 5.41) is 18.6. The molecule has 21 heavy (non-hydrogen) atoms. The Morgan fingerprint density at radius 1 is 1.19 bits per heavy atom. The molecule has 0 bridgehead atoms. The molecule has 0 amide bonds. The summed E-state index contributed by atoms with van der Waals surface area (Å²) in [6, 6.07) is 7.10. The van der Waals surface area contributed by atoms with Crippen molar-refractivity contribution in [2.24, 2.45) is 5.73 Å². The molecule has 1 aromatic rings. The van der Waals surface area contributed by atoms with Gasteiger partial charge in [0.2, 0.25) is 0 Å². The monoisotopic (exact) mass is 304 g/mol. The lowest BCUT2D eigenvalue weighted by Crippen LogP contribution is -2.39. The van der Waals surface area contributed by atoms with Crippen LogP contribution in [0.15, 0.2) is 24.3 Å². The van der Waals surface area contributed by atoms with Crippen LogP contribution >= 0.6 is 0 Å². The third-order valence-corrected chi connectivity index (χ3v) is 2.88. The fourth-order valence-corrected chi connectivity index (χ4v) is 1.86. The third-order valence-electron chi connectivity index (χ3n) is 2.88. The average molecular weight is 304 g/mol. The lowest BCUT2D eigenvalue weighted by atomic mass is 10.2. The number of alkyl halides is 2. The van der Waals surface area contributed by atoms with Crippen molar-refractivity contribution >= 4 is 0 Å². The molecule has 1 rings (SSSR count). The maximum absolute atomic E-state index is 12.3. The van der Waals surface area contributed by atoms with Gasteiger partial charge in [0.1, 0.15) is 18.5 Å². The predicted octanol–water partition coefficient (Wildman–Crippen LogP) is 0.444. The Kier molecular flexibility index (Phi) is 8.14. The van der Waals surface area contributed by atoms with Crippen LogP contribution in [0.3, 0.4) is 0 Å². The largest absolute Gasteiger partial charge is 0.491 e. The first kappa shape index (κ1) is 17.8. The summed E-state index contributed by atoms with van der Waals surface area (Å²) in [6.07, 6.45) is -3.42. The van der Waals surface area contributed by atoms with Crippen LogP contribution in [0.2, 0.25) is 0 Å². The zero-order valence-electron chi connectivity index (χ0n) is 11.8. The quantitative estimate of drug-likeness (QED) is 0.585. The van der Waals surface area contributed by atoms with E-state index in [4.69, 9.17) is 15.6 Å². The van der Waals surface area contributed by atoms with Gasteiger partial charge in [0.05, 0.1) is 13.2 Å². The van der Waals surface area contributed by atoms with E-state index in [1.54, 1.807) is 12.1 Å². The van der Waals surface area contributed by atoms with Crippen molar-refractivity contribution in [2.45, 2.75) is 19.1 Å². The Bertz CT molecular complexity index is 390. The van der Waals surface area contributed by atoms with Crippen molar-refractivity contribution in [2.75, 3.05) is 32.8 Å². The molecule has 0 fully saturated rings. The van der Waals surface area contributed by atoms with E-state index in [1.165, 1.54) is 4.90 Å². The molecule has 1 aromatic carbocycles. The second kappa shape index (κ2) is 9.62. The van der Waals surface area contributed by atoms with E-state index >= 15 is 0 Å². The predicted molar refractivity (Wildman–Crippen MR) is 75.4 cm³/mol. The van der Waals surface area contributed by atoms with Crippen LogP contribution in [-0.4, -0.2) is 60.5 Å². The highest BCUT2D eigenvalue weighted by Crippen LogP contribution is 2.12. The Hall–Kier alpha value is -1.28. The van der Waals surface area contributed by atoms with Crippen molar-refractivity contribution in [1.82, 2.24) is 4.90 Å². The van der Waals surface area contributed by atoms with Crippen LogP contribution < -0.4 is 10.5 Å². The number of nitrogens with zero attached hydrogens (tertiary/aromatic N) is 1. The van der Waals surface area contributed by atoms with E-state index in [2.05, 4.69) is 0 Å². The number of halogens is 2. The summed E-state index contributed by atoms with van der Waals surface area (Å²) in [4.78, 5) is 1.30. The SMILES string of the molecule is NCc1ccc(OCC(O)CN(CCO)CC(F)F)cc1. The molecule has 120 valence electrons. The average Bonchev–Trinajstić information content (AvgIpc) is 2.45. The zero-order chi connectivity index (χ0) is 15.7. The fourth-order valence-electron chi connectivity index (χ4n) is 1.86. The standard InChI is InChI=1S/C14H22F2N2O3/c15-14(16)9-18(5-6-19)8-12(20)10-21-13-3-1-11(7-17)2-4-13/h1-4,12,14,19-20H,5-10,17H2. The molecule has 0 radical (unpaired) electrons. The molecule has 0 aliphatic carbocycles. The van der Waals surface area contributed by atoms with E-state index in [0.29, 0.717) is 12.3 Å². The maximum Gasteiger partial charge on any atom is 0.251 e. The smallest absolute Gasteiger partial charge is 0.251 e. The molecule has 0 spiro atoms. The third kappa shape index (κ3) is 7.33. The fraction of sp³-hybridized carbons (Fsp3) is 0.571. The maximum atomic E-state index is 12.3. The molecule has 5 nitrogen and oxygen atoms in total. The summed E-state index contributed by atoms with van der Waals surface area (Å²) in [5.74, 6) is 0.578. The summed E-state index contributed by atoms with van der Waals surface area (Å²) >= 11 is 0. The van der Waals surface area contributed by atoms with Gasteiger partial charge in [-0.1, -0.05) is 12.1 Å². The molecular formula is C14H22F2N2O3. The number of hydrogen-bond acceptors (Lipinski definition) is 5. The van der Waals surface area contributed by atoms with Crippen molar-refractivity contribution in [3.05, 3.63) is 29.8 Å². The Balaban J connectivity index is 2.38. The number of nitrogens with two attached hydrogens (primary N) is 1. The minimum atomic E-state index is -2.51. The summed E-state index contributed by atoms with van der Waals surface area (Å²) in [7, 11) is 0. The first-order chi connectivity index (χ1) is 10.0. The van der Waals surface area contributed by atoms with Crippen LogP contribution in [0.5, 0.6) is 5.75 Å². The Morgan fingerprint density at radius 2 is 1.86 bits per heavy atom.